The highest BCUT2D eigenvalue weighted by Gasteiger charge is 2.26. The van der Waals surface area contributed by atoms with Crippen LogP contribution >= 0.6 is 11.6 Å². The number of halogens is 1. The van der Waals surface area contributed by atoms with Crippen molar-refractivity contribution in [3.63, 3.8) is 0 Å². The normalized spacial score (nSPS) is 16.1. The number of alkyl halides is 1. The van der Waals surface area contributed by atoms with Crippen LogP contribution in [0.25, 0.3) is 0 Å². The molecule has 0 bridgehead atoms. The molecule has 19 heavy (non-hydrogen) atoms. The van der Waals surface area contributed by atoms with Crippen molar-refractivity contribution in [2.45, 2.75) is 50.2 Å². The van der Waals surface area contributed by atoms with Gasteiger partial charge in [0.05, 0.1) is 10.6 Å². The minimum absolute atomic E-state index is 0.128. The third kappa shape index (κ3) is 3.96. The topological polar surface area (TPSA) is 34.1 Å². The van der Waals surface area contributed by atoms with Crippen molar-refractivity contribution in [1.82, 2.24) is 0 Å². The first-order chi connectivity index (χ1) is 8.59. The lowest BCUT2D eigenvalue weighted by atomic mass is 9.82. The highest BCUT2D eigenvalue weighted by Crippen LogP contribution is 2.31. The summed E-state index contributed by atoms with van der Waals surface area (Å²) in [4.78, 5) is 0. The Kier molecular flexibility index (Phi) is 5.08. The number of rotatable bonds is 5. The van der Waals surface area contributed by atoms with E-state index in [4.69, 9.17) is 11.6 Å². The van der Waals surface area contributed by atoms with E-state index in [0.717, 1.165) is 12.0 Å². The van der Waals surface area contributed by atoms with Crippen LogP contribution in [-0.4, -0.2) is 19.9 Å². The summed E-state index contributed by atoms with van der Waals surface area (Å²) in [6, 6.07) is 7.96. The summed E-state index contributed by atoms with van der Waals surface area (Å²) in [5, 5.41) is -1.09. The van der Waals surface area contributed by atoms with Gasteiger partial charge in [-0.25, -0.2) is 8.42 Å². The van der Waals surface area contributed by atoms with E-state index in [1.165, 1.54) is 11.8 Å². The van der Waals surface area contributed by atoms with E-state index >= 15 is 0 Å². The van der Waals surface area contributed by atoms with Crippen molar-refractivity contribution in [2.75, 3.05) is 6.26 Å². The lowest BCUT2D eigenvalue weighted by Gasteiger charge is -2.24. The van der Waals surface area contributed by atoms with Gasteiger partial charge in [0.25, 0.3) is 0 Å². The van der Waals surface area contributed by atoms with Crippen LogP contribution < -0.4 is 0 Å². The van der Waals surface area contributed by atoms with Crippen molar-refractivity contribution in [3.8, 4) is 0 Å². The van der Waals surface area contributed by atoms with Gasteiger partial charge < -0.3 is 0 Å². The molecule has 2 unspecified atom stereocenters. The van der Waals surface area contributed by atoms with E-state index in [1.54, 1.807) is 6.92 Å². The summed E-state index contributed by atoms with van der Waals surface area (Å²) in [6.45, 7) is 8.19. The molecule has 1 aromatic carbocycles. The summed E-state index contributed by atoms with van der Waals surface area (Å²) >= 11 is 6.26. The molecule has 0 saturated heterocycles. The van der Waals surface area contributed by atoms with Gasteiger partial charge in [-0.2, -0.15) is 0 Å². The van der Waals surface area contributed by atoms with E-state index < -0.39 is 20.5 Å². The fraction of sp³-hybridized carbons (Fsp3) is 0.600. The second-order valence-electron chi connectivity index (χ2n) is 5.80. The van der Waals surface area contributed by atoms with Crippen molar-refractivity contribution >= 4 is 21.4 Å². The molecule has 0 spiro atoms. The van der Waals surface area contributed by atoms with Crippen LogP contribution in [0.15, 0.2) is 24.3 Å². The van der Waals surface area contributed by atoms with Crippen LogP contribution in [0.5, 0.6) is 0 Å². The fourth-order valence-electron chi connectivity index (χ4n) is 1.81. The molecule has 0 saturated carbocycles. The number of benzene rings is 1. The minimum atomic E-state index is -3.13. The Hall–Kier alpha value is -0.540. The molecule has 108 valence electrons. The molecule has 2 atom stereocenters. The van der Waals surface area contributed by atoms with Gasteiger partial charge in [-0.1, -0.05) is 45.0 Å². The molecule has 2 nitrogen and oxygen atoms in total. The maximum atomic E-state index is 11.5. The summed E-state index contributed by atoms with van der Waals surface area (Å²) < 4.78 is 23.1. The van der Waals surface area contributed by atoms with Crippen LogP contribution in [-0.2, 0) is 15.3 Å². The van der Waals surface area contributed by atoms with Crippen LogP contribution in [0.4, 0.5) is 0 Å². The molecule has 1 rings (SSSR count). The third-order valence-electron chi connectivity index (χ3n) is 3.98. The second-order valence-corrected chi connectivity index (χ2v) is 8.67. The number of hydrogen-bond donors (Lipinski definition) is 0. The van der Waals surface area contributed by atoms with E-state index in [9.17, 15) is 8.42 Å². The van der Waals surface area contributed by atoms with Gasteiger partial charge in [0.1, 0.15) is 0 Å². The molecule has 0 fully saturated rings. The highest BCUT2D eigenvalue weighted by molar-refractivity contribution is 7.91. The van der Waals surface area contributed by atoms with Crippen LogP contribution in [0.2, 0.25) is 0 Å². The Labute approximate surface area is 122 Å². The quantitative estimate of drug-likeness (QED) is 0.768. The molecule has 4 heteroatoms. The molecule has 0 aliphatic heterocycles. The van der Waals surface area contributed by atoms with E-state index in [1.807, 2.05) is 24.3 Å². The first-order valence-electron chi connectivity index (χ1n) is 6.53. The third-order valence-corrected chi connectivity index (χ3v) is 6.38. The molecule has 0 radical (unpaired) electrons. The van der Waals surface area contributed by atoms with Gasteiger partial charge >= 0.3 is 0 Å². The van der Waals surface area contributed by atoms with Gasteiger partial charge in [-0.3, -0.25) is 0 Å². The number of sulfone groups is 1. The SMILES string of the molecule is CCC(C)(C)c1ccc(C(Cl)C(C)S(C)(=O)=O)cc1. The molecule has 0 heterocycles. The van der Waals surface area contributed by atoms with Gasteiger partial charge in [0.2, 0.25) is 0 Å². The molecular formula is C15H23ClO2S. The van der Waals surface area contributed by atoms with E-state index in [2.05, 4.69) is 20.8 Å². The summed E-state index contributed by atoms with van der Waals surface area (Å²) in [5.41, 5.74) is 2.23. The van der Waals surface area contributed by atoms with Crippen molar-refractivity contribution < 1.29 is 8.42 Å². The molecule has 1 aromatic rings. The van der Waals surface area contributed by atoms with Crippen LogP contribution in [0.1, 0.15) is 50.6 Å². The summed E-state index contributed by atoms with van der Waals surface area (Å²) in [7, 11) is -3.13. The molecule has 0 aliphatic carbocycles. The van der Waals surface area contributed by atoms with E-state index in [0.29, 0.717) is 0 Å². The average Bonchev–Trinajstić information content (AvgIpc) is 2.36. The Bertz CT molecular complexity index is 518. The smallest absolute Gasteiger partial charge is 0.151 e. The Balaban J connectivity index is 3.00. The van der Waals surface area contributed by atoms with E-state index in [-0.39, 0.29) is 5.41 Å². The van der Waals surface area contributed by atoms with Gasteiger partial charge in [-0.15, -0.1) is 11.6 Å². The maximum Gasteiger partial charge on any atom is 0.151 e. The lowest BCUT2D eigenvalue weighted by Crippen LogP contribution is -2.21. The monoisotopic (exact) mass is 302 g/mol. The first kappa shape index (κ1) is 16.5. The molecule has 0 N–H and O–H groups in total. The highest BCUT2D eigenvalue weighted by atomic mass is 35.5. The standard InChI is InChI=1S/C15H23ClO2S/c1-6-15(3,4)13-9-7-12(8-10-13)14(16)11(2)19(5,17)18/h7-11,14H,6H2,1-5H3. The van der Waals surface area contributed by atoms with Crippen molar-refractivity contribution in [3.05, 3.63) is 35.4 Å². The largest absolute Gasteiger partial charge is 0.229 e. The Morgan fingerprint density at radius 1 is 1.21 bits per heavy atom. The molecule has 0 aromatic heterocycles. The van der Waals surface area contributed by atoms with Crippen LogP contribution in [0.3, 0.4) is 0 Å². The zero-order chi connectivity index (χ0) is 14.8. The lowest BCUT2D eigenvalue weighted by molar-refractivity contribution is 0.506. The molecular weight excluding hydrogens is 280 g/mol. The second kappa shape index (κ2) is 5.84. The number of hydrogen-bond acceptors (Lipinski definition) is 2. The summed E-state index contributed by atoms with van der Waals surface area (Å²) in [6.07, 6.45) is 2.28. The predicted molar refractivity (Wildman–Crippen MR) is 82.7 cm³/mol. The van der Waals surface area contributed by atoms with Gasteiger partial charge in [-0.05, 0) is 29.9 Å². The zero-order valence-electron chi connectivity index (χ0n) is 12.3. The van der Waals surface area contributed by atoms with Gasteiger partial charge in [0.15, 0.2) is 9.84 Å². The fourth-order valence-corrected chi connectivity index (χ4v) is 3.11. The Morgan fingerprint density at radius 2 is 1.68 bits per heavy atom. The van der Waals surface area contributed by atoms with Crippen molar-refractivity contribution in [1.29, 1.82) is 0 Å². The van der Waals surface area contributed by atoms with Crippen molar-refractivity contribution in [2.24, 2.45) is 0 Å². The zero-order valence-corrected chi connectivity index (χ0v) is 13.8. The van der Waals surface area contributed by atoms with Gasteiger partial charge in [0, 0.05) is 6.26 Å². The predicted octanol–water partition coefficient (Wildman–Crippen LogP) is 4.09. The van der Waals surface area contributed by atoms with Crippen LogP contribution in [0, 0.1) is 0 Å². The Morgan fingerprint density at radius 3 is 2.05 bits per heavy atom. The summed E-state index contributed by atoms with van der Waals surface area (Å²) in [5.74, 6) is 0. The minimum Gasteiger partial charge on any atom is -0.229 e. The molecule has 0 aliphatic rings. The first-order valence-corrected chi connectivity index (χ1v) is 8.92. The molecule has 0 amide bonds. The average molecular weight is 303 g/mol. The maximum absolute atomic E-state index is 11.5.